The largest absolute Gasteiger partial charge is 0.338 e. The second-order valence-electron chi connectivity index (χ2n) is 7.97. The Hall–Kier alpha value is -1.44. The summed E-state index contributed by atoms with van der Waals surface area (Å²) in [6, 6.07) is 6.90. The van der Waals surface area contributed by atoms with Gasteiger partial charge in [-0.05, 0) is 58.1 Å². The molecular formula is C20H31N3O3S. The molecule has 0 spiro atoms. The highest BCUT2D eigenvalue weighted by molar-refractivity contribution is 7.89. The SMILES string of the molecule is Cc1ccc(S(=O)(=O)N2CCCC(C(=O)N3CCCCC3C(C)N)C2)cc1. The van der Waals surface area contributed by atoms with E-state index in [4.69, 9.17) is 5.73 Å². The van der Waals surface area contributed by atoms with Crippen molar-refractivity contribution in [2.45, 2.75) is 62.9 Å². The van der Waals surface area contributed by atoms with Gasteiger partial charge in [-0.25, -0.2) is 8.42 Å². The number of carbonyl (C=O) groups is 1. The molecule has 1 aromatic rings. The third-order valence-corrected chi connectivity index (χ3v) is 7.71. The highest BCUT2D eigenvalue weighted by atomic mass is 32.2. The van der Waals surface area contributed by atoms with Gasteiger partial charge in [0.05, 0.1) is 10.8 Å². The fraction of sp³-hybridized carbons (Fsp3) is 0.650. The minimum atomic E-state index is -3.57. The maximum Gasteiger partial charge on any atom is 0.243 e. The molecule has 0 radical (unpaired) electrons. The fourth-order valence-corrected chi connectivity index (χ4v) is 5.76. The van der Waals surface area contributed by atoms with E-state index in [1.165, 1.54) is 4.31 Å². The Morgan fingerprint density at radius 3 is 2.48 bits per heavy atom. The molecule has 2 fully saturated rings. The van der Waals surface area contributed by atoms with Crippen LogP contribution < -0.4 is 5.73 Å². The van der Waals surface area contributed by atoms with Crippen molar-refractivity contribution in [2.24, 2.45) is 11.7 Å². The van der Waals surface area contributed by atoms with Gasteiger partial charge in [-0.1, -0.05) is 17.7 Å². The Labute approximate surface area is 162 Å². The first-order chi connectivity index (χ1) is 12.8. The molecule has 27 heavy (non-hydrogen) atoms. The molecule has 7 heteroatoms. The molecule has 2 N–H and O–H groups in total. The topological polar surface area (TPSA) is 83.7 Å². The lowest BCUT2D eigenvalue weighted by atomic mass is 9.92. The molecule has 2 aliphatic rings. The molecule has 6 nitrogen and oxygen atoms in total. The summed E-state index contributed by atoms with van der Waals surface area (Å²) >= 11 is 0. The van der Waals surface area contributed by atoms with E-state index in [-0.39, 0.29) is 30.5 Å². The van der Waals surface area contributed by atoms with Crippen molar-refractivity contribution in [3.05, 3.63) is 29.8 Å². The Morgan fingerprint density at radius 1 is 1.11 bits per heavy atom. The molecule has 3 atom stereocenters. The Morgan fingerprint density at radius 2 is 1.81 bits per heavy atom. The molecule has 2 heterocycles. The van der Waals surface area contributed by atoms with Crippen LogP contribution in [0.5, 0.6) is 0 Å². The van der Waals surface area contributed by atoms with E-state index >= 15 is 0 Å². The monoisotopic (exact) mass is 393 g/mol. The smallest absolute Gasteiger partial charge is 0.243 e. The number of piperidine rings is 2. The minimum Gasteiger partial charge on any atom is -0.338 e. The molecule has 0 aliphatic carbocycles. The zero-order chi connectivity index (χ0) is 19.6. The molecule has 0 bridgehead atoms. The summed E-state index contributed by atoms with van der Waals surface area (Å²) in [6.07, 6.45) is 4.46. The number of hydrogen-bond donors (Lipinski definition) is 1. The summed E-state index contributed by atoms with van der Waals surface area (Å²) in [5.74, 6) is -0.209. The average Bonchev–Trinajstić information content (AvgIpc) is 2.68. The van der Waals surface area contributed by atoms with E-state index < -0.39 is 10.0 Å². The second kappa shape index (κ2) is 8.29. The Balaban J connectivity index is 1.75. The van der Waals surface area contributed by atoms with Gasteiger partial charge in [0.15, 0.2) is 0 Å². The molecule has 3 rings (SSSR count). The molecule has 3 unspecified atom stereocenters. The standard InChI is InChI=1S/C20H31N3O3S/c1-15-8-10-18(11-9-15)27(25,26)22-12-5-6-17(14-22)20(24)23-13-4-3-7-19(23)16(2)21/h8-11,16-17,19H,3-7,12-14,21H2,1-2H3. The van der Waals surface area contributed by atoms with Crippen LogP contribution in [0.1, 0.15) is 44.6 Å². The van der Waals surface area contributed by atoms with Crippen LogP contribution in [0, 0.1) is 12.8 Å². The van der Waals surface area contributed by atoms with Gasteiger partial charge in [-0.15, -0.1) is 0 Å². The van der Waals surface area contributed by atoms with Crippen LogP contribution in [-0.4, -0.2) is 55.2 Å². The average molecular weight is 394 g/mol. The summed E-state index contributed by atoms with van der Waals surface area (Å²) in [5.41, 5.74) is 7.13. The van der Waals surface area contributed by atoms with Gasteiger partial charge in [0.1, 0.15) is 0 Å². The van der Waals surface area contributed by atoms with E-state index in [9.17, 15) is 13.2 Å². The van der Waals surface area contributed by atoms with Crippen LogP contribution in [-0.2, 0) is 14.8 Å². The number of aryl methyl sites for hydroxylation is 1. The van der Waals surface area contributed by atoms with Crippen LogP contribution >= 0.6 is 0 Å². The number of nitrogens with two attached hydrogens (primary N) is 1. The first kappa shape index (κ1) is 20.3. The molecule has 1 amide bonds. The van der Waals surface area contributed by atoms with Gasteiger partial charge in [-0.3, -0.25) is 4.79 Å². The van der Waals surface area contributed by atoms with E-state index in [0.29, 0.717) is 17.9 Å². The van der Waals surface area contributed by atoms with Crippen molar-refractivity contribution in [1.82, 2.24) is 9.21 Å². The Bertz CT molecular complexity index is 761. The number of hydrogen-bond acceptors (Lipinski definition) is 4. The van der Waals surface area contributed by atoms with E-state index in [0.717, 1.165) is 37.8 Å². The first-order valence-electron chi connectivity index (χ1n) is 9.93. The highest BCUT2D eigenvalue weighted by Crippen LogP contribution is 2.28. The number of sulfonamides is 1. The van der Waals surface area contributed by atoms with E-state index in [1.54, 1.807) is 24.3 Å². The van der Waals surface area contributed by atoms with Gasteiger partial charge in [0.2, 0.25) is 15.9 Å². The lowest BCUT2D eigenvalue weighted by molar-refractivity contribution is -0.141. The van der Waals surface area contributed by atoms with E-state index in [1.807, 2.05) is 18.7 Å². The third-order valence-electron chi connectivity index (χ3n) is 5.83. The minimum absolute atomic E-state index is 0.0646. The second-order valence-corrected chi connectivity index (χ2v) is 9.91. The molecule has 0 saturated carbocycles. The van der Waals surface area contributed by atoms with Gasteiger partial charge >= 0.3 is 0 Å². The van der Waals surface area contributed by atoms with Gasteiger partial charge in [0.25, 0.3) is 0 Å². The van der Waals surface area contributed by atoms with Crippen molar-refractivity contribution in [3.8, 4) is 0 Å². The summed E-state index contributed by atoms with van der Waals surface area (Å²) < 4.78 is 27.5. The van der Waals surface area contributed by atoms with Gasteiger partial charge in [0, 0.05) is 31.7 Å². The van der Waals surface area contributed by atoms with E-state index in [2.05, 4.69) is 0 Å². The normalized spacial score (nSPS) is 26.0. The number of rotatable bonds is 4. The lowest BCUT2D eigenvalue weighted by Crippen LogP contribution is -2.55. The number of nitrogens with zero attached hydrogens (tertiary/aromatic N) is 2. The zero-order valence-corrected chi connectivity index (χ0v) is 17.1. The quantitative estimate of drug-likeness (QED) is 0.849. The summed E-state index contributed by atoms with van der Waals surface area (Å²) in [4.78, 5) is 15.4. The van der Waals surface area contributed by atoms with Gasteiger partial charge in [-0.2, -0.15) is 4.31 Å². The van der Waals surface area contributed by atoms with Crippen LogP contribution in [0.25, 0.3) is 0 Å². The third kappa shape index (κ3) is 4.36. The fourth-order valence-electron chi connectivity index (χ4n) is 4.23. The first-order valence-corrected chi connectivity index (χ1v) is 11.4. The summed E-state index contributed by atoms with van der Waals surface area (Å²) in [7, 11) is -3.57. The number of likely N-dealkylation sites (tertiary alicyclic amines) is 1. The summed E-state index contributed by atoms with van der Waals surface area (Å²) in [6.45, 7) is 5.34. The van der Waals surface area contributed by atoms with Crippen LogP contribution in [0.3, 0.4) is 0 Å². The molecule has 2 saturated heterocycles. The van der Waals surface area contributed by atoms with Gasteiger partial charge < -0.3 is 10.6 Å². The van der Waals surface area contributed by atoms with Crippen molar-refractivity contribution < 1.29 is 13.2 Å². The number of benzene rings is 1. The van der Waals surface area contributed by atoms with Crippen molar-refractivity contribution in [2.75, 3.05) is 19.6 Å². The van der Waals surface area contributed by atoms with Crippen LogP contribution in [0.15, 0.2) is 29.2 Å². The Kier molecular flexibility index (Phi) is 6.23. The molecule has 2 aliphatic heterocycles. The number of carbonyl (C=O) groups excluding carboxylic acids is 1. The van der Waals surface area contributed by atoms with Crippen molar-refractivity contribution in [1.29, 1.82) is 0 Å². The predicted molar refractivity (Wildman–Crippen MR) is 106 cm³/mol. The molecule has 1 aromatic carbocycles. The zero-order valence-electron chi connectivity index (χ0n) is 16.3. The molecule has 150 valence electrons. The maximum atomic E-state index is 13.2. The van der Waals surface area contributed by atoms with Crippen molar-refractivity contribution >= 4 is 15.9 Å². The lowest BCUT2D eigenvalue weighted by Gasteiger charge is -2.41. The summed E-state index contributed by atoms with van der Waals surface area (Å²) in [5, 5.41) is 0. The number of amides is 1. The molecular weight excluding hydrogens is 362 g/mol. The molecule has 0 aromatic heterocycles. The van der Waals surface area contributed by atoms with Crippen molar-refractivity contribution in [3.63, 3.8) is 0 Å². The maximum absolute atomic E-state index is 13.2. The van der Waals surface area contributed by atoms with Crippen LogP contribution in [0.4, 0.5) is 0 Å². The highest BCUT2D eigenvalue weighted by Gasteiger charge is 2.38. The predicted octanol–water partition coefficient (Wildman–Crippen LogP) is 2.12. The van der Waals surface area contributed by atoms with Crippen LogP contribution in [0.2, 0.25) is 0 Å².